The Hall–Kier alpha value is -5.70. The van der Waals surface area contributed by atoms with Crippen LogP contribution >= 0.6 is 0 Å². The predicted molar refractivity (Wildman–Crippen MR) is 160 cm³/mol. The lowest BCUT2D eigenvalue weighted by Crippen LogP contribution is -2.58. The molecule has 0 saturated carbocycles. The lowest BCUT2D eigenvalue weighted by molar-refractivity contribution is -0.142. The minimum absolute atomic E-state index is 0.000243. The summed E-state index contributed by atoms with van der Waals surface area (Å²) < 4.78 is 0. The molecule has 0 aliphatic rings. The number of carbonyl (C=O) groups is 4. The first kappa shape index (κ1) is 32.2. The number of carboxylic acid groups (broad SMARTS) is 1. The Morgan fingerprint density at radius 2 is 1.07 bits per heavy atom. The van der Waals surface area contributed by atoms with Crippen molar-refractivity contribution in [1.29, 1.82) is 0 Å². The van der Waals surface area contributed by atoms with Crippen molar-refractivity contribution in [1.82, 2.24) is 35.9 Å². The maximum atomic E-state index is 13.7. The molecular formula is C30H34N8O7. The van der Waals surface area contributed by atoms with E-state index in [-0.39, 0.29) is 37.2 Å². The van der Waals surface area contributed by atoms with E-state index in [9.17, 15) is 34.5 Å². The first-order chi connectivity index (χ1) is 21.6. The zero-order chi connectivity index (χ0) is 32.3. The summed E-state index contributed by atoms with van der Waals surface area (Å²) in [5.74, 6) is -3.37. The average Bonchev–Trinajstić information content (AvgIpc) is 3.73. The number of nitrogens with zero attached hydrogens (tertiary/aromatic N) is 2. The number of phenols is 2. The molecule has 15 heteroatoms. The number of amides is 3. The lowest BCUT2D eigenvalue weighted by Gasteiger charge is -2.25. The molecule has 236 valence electrons. The van der Waals surface area contributed by atoms with Crippen LogP contribution in [-0.4, -0.2) is 83.1 Å². The molecule has 3 amide bonds. The number of aromatic nitrogens is 4. The van der Waals surface area contributed by atoms with Crippen LogP contribution in [0.2, 0.25) is 0 Å². The monoisotopic (exact) mass is 618 g/mol. The molecule has 4 rings (SSSR count). The Kier molecular flexibility index (Phi) is 10.8. The van der Waals surface area contributed by atoms with Gasteiger partial charge >= 0.3 is 5.97 Å². The van der Waals surface area contributed by atoms with Crippen molar-refractivity contribution in [2.75, 3.05) is 0 Å². The molecule has 45 heavy (non-hydrogen) atoms. The fourth-order valence-corrected chi connectivity index (χ4v) is 4.52. The molecule has 15 nitrogen and oxygen atoms in total. The molecule has 4 unspecified atom stereocenters. The molecule has 0 spiro atoms. The summed E-state index contributed by atoms with van der Waals surface area (Å²) in [6.07, 6.45) is 5.68. The summed E-state index contributed by atoms with van der Waals surface area (Å²) in [7, 11) is 0. The van der Waals surface area contributed by atoms with Gasteiger partial charge in [-0.15, -0.1) is 0 Å². The van der Waals surface area contributed by atoms with E-state index in [4.69, 9.17) is 5.73 Å². The zero-order valence-electron chi connectivity index (χ0n) is 24.0. The van der Waals surface area contributed by atoms with Gasteiger partial charge in [-0.1, -0.05) is 24.3 Å². The number of rotatable bonds is 15. The van der Waals surface area contributed by atoms with Crippen LogP contribution in [0.4, 0.5) is 0 Å². The molecule has 0 aliphatic heterocycles. The van der Waals surface area contributed by atoms with Gasteiger partial charge in [-0.25, -0.2) is 14.8 Å². The highest BCUT2D eigenvalue weighted by molar-refractivity contribution is 5.94. The van der Waals surface area contributed by atoms with Crippen LogP contribution in [0.3, 0.4) is 0 Å². The summed E-state index contributed by atoms with van der Waals surface area (Å²) in [6, 6.07) is 7.31. The highest BCUT2D eigenvalue weighted by Gasteiger charge is 2.31. The molecule has 4 atom stereocenters. The van der Waals surface area contributed by atoms with Gasteiger partial charge in [0.1, 0.15) is 29.6 Å². The van der Waals surface area contributed by atoms with Crippen molar-refractivity contribution in [3.63, 3.8) is 0 Å². The SMILES string of the molecule is NC(Cc1ccc(O)cc1)C(=O)NC(Cc1cnc[nH]1)C(=O)NC(Cc1ccc(O)cc1)C(=O)NC(Cc1cnc[nH]1)C(=O)O. The van der Waals surface area contributed by atoms with Gasteiger partial charge in [0, 0.05) is 43.0 Å². The van der Waals surface area contributed by atoms with E-state index in [0.717, 1.165) is 0 Å². The standard InChI is InChI=1S/C30H34N8O7/c31-23(9-17-1-5-21(39)6-2-17)27(41)36-25(11-19-13-32-15-34-19)29(43)37-24(10-18-3-7-22(40)8-4-18)28(42)38-26(30(44)45)12-20-14-33-16-35-20/h1-8,13-16,23-26,39-40H,9-12,31H2,(H,32,34)(H,33,35)(H,36,41)(H,37,43)(H,38,42)(H,44,45). The summed E-state index contributed by atoms with van der Waals surface area (Å²) in [6.45, 7) is 0. The number of aromatic amines is 2. The van der Waals surface area contributed by atoms with E-state index >= 15 is 0 Å². The highest BCUT2D eigenvalue weighted by Crippen LogP contribution is 2.13. The summed E-state index contributed by atoms with van der Waals surface area (Å²) >= 11 is 0. The van der Waals surface area contributed by atoms with Crippen molar-refractivity contribution in [2.24, 2.45) is 5.73 Å². The number of carboxylic acids is 1. The first-order valence-electron chi connectivity index (χ1n) is 14.0. The first-order valence-corrected chi connectivity index (χ1v) is 14.0. The van der Waals surface area contributed by atoms with Gasteiger partial charge in [0.2, 0.25) is 17.7 Å². The van der Waals surface area contributed by atoms with E-state index < -0.39 is 47.9 Å². The maximum absolute atomic E-state index is 13.7. The summed E-state index contributed by atoms with van der Waals surface area (Å²) in [5, 5.41) is 36.7. The largest absolute Gasteiger partial charge is 0.508 e. The van der Waals surface area contributed by atoms with Crippen LogP contribution in [0.5, 0.6) is 11.5 Å². The Morgan fingerprint density at radius 3 is 1.53 bits per heavy atom. The van der Waals surface area contributed by atoms with Crippen molar-refractivity contribution in [2.45, 2.75) is 49.9 Å². The van der Waals surface area contributed by atoms with Crippen LogP contribution in [0.15, 0.2) is 73.6 Å². The van der Waals surface area contributed by atoms with E-state index in [1.165, 1.54) is 49.3 Å². The molecule has 0 bridgehead atoms. The van der Waals surface area contributed by atoms with Gasteiger partial charge in [-0.05, 0) is 41.8 Å². The second kappa shape index (κ2) is 15.2. The molecule has 4 aromatic rings. The van der Waals surface area contributed by atoms with E-state index in [1.807, 2.05) is 0 Å². The highest BCUT2D eigenvalue weighted by atomic mass is 16.4. The smallest absolute Gasteiger partial charge is 0.326 e. The van der Waals surface area contributed by atoms with Crippen LogP contribution in [0.25, 0.3) is 0 Å². The third-order valence-electron chi connectivity index (χ3n) is 6.94. The molecule has 2 heterocycles. The Bertz CT molecular complexity index is 1560. The Labute approximate surface area is 257 Å². The maximum Gasteiger partial charge on any atom is 0.326 e. The van der Waals surface area contributed by atoms with Gasteiger partial charge in [-0.3, -0.25) is 14.4 Å². The number of benzene rings is 2. The number of hydrogen-bond acceptors (Lipinski definition) is 9. The van der Waals surface area contributed by atoms with Crippen LogP contribution in [0, 0.1) is 0 Å². The number of aliphatic carboxylic acids is 1. The van der Waals surface area contributed by atoms with Crippen molar-refractivity contribution >= 4 is 23.7 Å². The van der Waals surface area contributed by atoms with Gasteiger partial charge in [0.25, 0.3) is 0 Å². The van der Waals surface area contributed by atoms with E-state index in [1.54, 1.807) is 24.3 Å². The molecule has 0 saturated heterocycles. The fourth-order valence-electron chi connectivity index (χ4n) is 4.52. The Morgan fingerprint density at radius 1 is 0.644 bits per heavy atom. The van der Waals surface area contributed by atoms with Gasteiger partial charge < -0.3 is 47.0 Å². The minimum atomic E-state index is -1.34. The van der Waals surface area contributed by atoms with Crippen LogP contribution < -0.4 is 21.7 Å². The number of carbonyl (C=O) groups excluding carboxylic acids is 3. The number of nitrogens with two attached hydrogens (primary N) is 1. The van der Waals surface area contributed by atoms with Crippen molar-refractivity contribution in [3.05, 3.63) is 96.1 Å². The topological polar surface area (TPSA) is 248 Å². The number of hydrogen-bond donors (Lipinski definition) is 9. The molecule has 0 aliphatic carbocycles. The predicted octanol–water partition coefficient (Wildman–Crippen LogP) is -0.319. The average molecular weight is 619 g/mol. The van der Waals surface area contributed by atoms with E-state index in [0.29, 0.717) is 22.5 Å². The fraction of sp³-hybridized carbons (Fsp3) is 0.267. The molecule has 2 aromatic heterocycles. The number of phenolic OH excluding ortho intramolecular Hbond substituents is 2. The summed E-state index contributed by atoms with van der Waals surface area (Å²) in [4.78, 5) is 65.7. The third-order valence-corrected chi connectivity index (χ3v) is 6.94. The van der Waals surface area contributed by atoms with Gasteiger partial charge in [0.05, 0.1) is 18.7 Å². The third kappa shape index (κ3) is 9.65. The van der Waals surface area contributed by atoms with Crippen molar-refractivity contribution in [3.8, 4) is 11.5 Å². The second-order valence-corrected chi connectivity index (χ2v) is 10.4. The quantitative estimate of drug-likeness (QED) is 0.0840. The molecule has 0 fully saturated rings. The van der Waals surface area contributed by atoms with Crippen molar-refractivity contribution < 1.29 is 34.5 Å². The number of imidazole rings is 2. The summed E-state index contributed by atoms with van der Waals surface area (Å²) in [5.41, 5.74) is 8.40. The lowest BCUT2D eigenvalue weighted by atomic mass is 10.0. The van der Waals surface area contributed by atoms with Crippen LogP contribution in [0.1, 0.15) is 22.5 Å². The van der Waals surface area contributed by atoms with E-state index in [2.05, 4.69) is 35.9 Å². The second-order valence-electron chi connectivity index (χ2n) is 10.4. The number of H-pyrrole nitrogens is 2. The minimum Gasteiger partial charge on any atom is -0.508 e. The molecule has 10 N–H and O–H groups in total. The Balaban J connectivity index is 1.52. The normalized spacial score (nSPS) is 13.6. The number of nitrogens with one attached hydrogen (secondary N) is 5. The van der Waals surface area contributed by atoms with Gasteiger partial charge in [-0.2, -0.15) is 0 Å². The number of aromatic hydroxyl groups is 2. The zero-order valence-corrected chi connectivity index (χ0v) is 24.0. The molecular weight excluding hydrogens is 584 g/mol. The van der Waals surface area contributed by atoms with Crippen LogP contribution in [-0.2, 0) is 44.9 Å². The molecule has 0 radical (unpaired) electrons. The van der Waals surface area contributed by atoms with Gasteiger partial charge in [0.15, 0.2) is 0 Å². The molecule has 2 aromatic carbocycles.